The average molecular weight is 358 g/mol. The molecular weight excluding hydrogens is 336 g/mol. The van der Waals surface area contributed by atoms with Gasteiger partial charge in [-0.1, -0.05) is 11.3 Å². The van der Waals surface area contributed by atoms with Crippen LogP contribution in [0.3, 0.4) is 0 Å². The minimum Gasteiger partial charge on any atom is -0.395 e. The maximum atomic E-state index is 12.7. The number of aryl methyl sites for hydroxylation is 1. The zero-order chi connectivity index (χ0) is 18.5. The molecule has 1 saturated heterocycles. The van der Waals surface area contributed by atoms with Gasteiger partial charge in [-0.05, 0) is 31.9 Å². The van der Waals surface area contributed by atoms with Crippen LogP contribution >= 0.6 is 0 Å². The van der Waals surface area contributed by atoms with E-state index in [1.807, 2.05) is 19.1 Å². The second-order valence-electron chi connectivity index (χ2n) is 6.27. The summed E-state index contributed by atoms with van der Waals surface area (Å²) in [7, 11) is 0. The first-order valence-corrected chi connectivity index (χ1v) is 8.62. The van der Waals surface area contributed by atoms with Gasteiger partial charge in [-0.25, -0.2) is 9.67 Å². The van der Waals surface area contributed by atoms with E-state index in [9.17, 15) is 9.59 Å². The fraction of sp³-hybridized carbons (Fsp3) is 0.471. The Bertz CT molecular complexity index is 790. The summed E-state index contributed by atoms with van der Waals surface area (Å²) >= 11 is 0. The van der Waals surface area contributed by atoms with Crippen molar-refractivity contribution in [3.8, 4) is 0 Å². The van der Waals surface area contributed by atoms with Crippen molar-refractivity contribution in [3.63, 3.8) is 0 Å². The number of nitrogens with zero attached hydrogens (tertiary/aromatic N) is 5. The Labute approximate surface area is 151 Å². The van der Waals surface area contributed by atoms with Crippen LogP contribution in [0.5, 0.6) is 0 Å². The summed E-state index contributed by atoms with van der Waals surface area (Å²) < 4.78 is 1.64. The van der Waals surface area contributed by atoms with Crippen molar-refractivity contribution >= 4 is 11.8 Å². The van der Waals surface area contributed by atoms with E-state index in [0.717, 1.165) is 18.5 Å². The maximum absolute atomic E-state index is 12.7. The van der Waals surface area contributed by atoms with Gasteiger partial charge < -0.3 is 15.3 Å². The Hall–Kier alpha value is -2.81. The molecule has 0 saturated carbocycles. The third-order valence-electron chi connectivity index (χ3n) is 4.31. The van der Waals surface area contributed by atoms with E-state index in [1.165, 1.54) is 0 Å². The Morgan fingerprint density at radius 1 is 1.35 bits per heavy atom. The second-order valence-corrected chi connectivity index (χ2v) is 6.27. The number of hydrogen-bond donors (Lipinski definition) is 2. The van der Waals surface area contributed by atoms with Gasteiger partial charge >= 0.3 is 0 Å². The van der Waals surface area contributed by atoms with Crippen molar-refractivity contribution in [1.29, 1.82) is 0 Å². The fourth-order valence-electron chi connectivity index (χ4n) is 3.00. The van der Waals surface area contributed by atoms with Crippen molar-refractivity contribution in [3.05, 3.63) is 41.5 Å². The zero-order valence-electron chi connectivity index (χ0n) is 14.6. The predicted molar refractivity (Wildman–Crippen MR) is 92.6 cm³/mol. The van der Waals surface area contributed by atoms with E-state index in [0.29, 0.717) is 18.8 Å². The summed E-state index contributed by atoms with van der Waals surface area (Å²) in [6.07, 6.45) is 3.27. The predicted octanol–water partition coefficient (Wildman–Crippen LogP) is 0.181. The molecule has 0 spiro atoms. The third-order valence-corrected chi connectivity index (χ3v) is 4.31. The van der Waals surface area contributed by atoms with Crippen LogP contribution in [0.1, 0.15) is 45.6 Å². The lowest BCUT2D eigenvalue weighted by molar-refractivity contribution is 0.0665. The van der Waals surface area contributed by atoms with Crippen LogP contribution in [0.4, 0.5) is 0 Å². The number of aliphatic hydroxyl groups is 1. The van der Waals surface area contributed by atoms with Gasteiger partial charge in [0.2, 0.25) is 0 Å². The number of amides is 2. The van der Waals surface area contributed by atoms with Crippen LogP contribution in [0.25, 0.3) is 0 Å². The molecule has 26 heavy (non-hydrogen) atoms. The number of likely N-dealkylation sites (tertiary alicyclic amines) is 1. The molecule has 3 heterocycles. The summed E-state index contributed by atoms with van der Waals surface area (Å²) in [4.78, 5) is 30.6. The van der Waals surface area contributed by atoms with Gasteiger partial charge in [0.1, 0.15) is 5.69 Å². The van der Waals surface area contributed by atoms with Gasteiger partial charge in [0.25, 0.3) is 11.8 Å². The average Bonchev–Trinajstić information content (AvgIpc) is 3.16. The van der Waals surface area contributed by atoms with Crippen molar-refractivity contribution in [2.24, 2.45) is 0 Å². The van der Waals surface area contributed by atoms with E-state index < -0.39 is 0 Å². The Morgan fingerprint density at radius 3 is 2.96 bits per heavy atom. The topological polar surface area (TPSA) is 113 Å². The highest BCUT2D eigenvalue weighted by Gasteiger charge is 2.27. The Kier molecular flexibility index (Phi) is 5.57. The number of carbonyl (C=O) groups is 2. The summed E-state index contributed by atoms with van der Waals surface area (Å²) in [5.41, 5.74) is 1.44. The molecule has 1 aliphatic rings. The van der Waals surface area contributed by atoms with Gasteiger partial charge in [0.05, 0.1) is 18.8 Å². The number of aliphatic hydroxyl groups excluding tert-OH is 1. The first kappa shape index (κ1) is 18.0. The molecule has 2 amide bonds. The quantitative estimate of drug-likeness (QED) is 0.788. The molecule has 2 aromatic rings. The molecule has 1 aliphatic heterocycles. The summed E-state index contributed by atoms with van der Waals surface area (Å²) in [6, 6.07) is 5.36. The molecule has 9 heteroatoms. The van der Waals surface area contributed by atoms with Gasteiger partial charge in [0.15, 0.2) is 5.69 Å². The molecule has 2 N–H and O–H groups in total. The Balaban J connectivity index is 1.68. The highest BCUT2D eigenvalue weighted by atomic mass is 16.3. The largest absolute Gasteiger partial charge is 0.395 e. The molecule has 0 aromatic carbocycles. The van der Waals surface area contributed by atoms with Crippen LogP contribution in [0.2, 0.25) is 0 Å². The van der Waals surface area contributed by atoms with Crippen LogP contribution in [0.15, 0.2) is 24.4 Å². The normalized spacial score (nSPS) is 17.2. The van der Waals surface area contributed by atoms with Crippen molar-refractivity contribution in [2.75, 3.05) is 26.2 Å². The van der Waals surface area contributed by atoms with E-state index in [-0.39, 0.29) is 36.7 Å². The summed E-state index contributed by atoms with van der Waals surface area (Å²) in [5, 5.41) is 19.2. The van der Waals surface area contributed by atoms with E-state index >= 15 is 0 Å². The number of rotatable bonds is 5. The van der Waals surface area contributed by atoms with E-state index in [4.69, 9.17) is 5.11 Å². The second kappa shape index (κ2) is 8.05. The molecule has 0 unspecified atom stereocenters. The number of piperidine rings is 1. The van der Waals surface area contributed by atoms with E-state index in [1.54, 1.807) is 21.8 Å². The number of pyridine rings is 1. The van der Waals surface area contributed by atoms with Crippen LogP contribution in [-0.4, -0.2) is 68.0 Å². The van der Waals surface area contributed by atoms with Gasteiger partial charge in [-0.3, -0.25) is 9.59 Å². The molecule has 1 atom stereocenters. The summed E-state index contributed by atoms with van der Waals surface area (Å²) in [6.45, 7) is 3.06. The lowest BCUT2D eigenvalue weighted by atomic mass is 10.1. The number of aromatic nitrogens is 4. The molecule has 0 bridgehead atoms. The standard InChI is InChI=1S/C17H22N6O3/c1-12-4-2-6-14(19-12)17(26)22-8-3-5-13(10-22)23-11-15(20-21-23)16(25)18-7-9-24/h2,4,6,11,13,24H,3,5,7-10H2,1H3,(H,18,25)/t13-/m0/s1. The van der Waals surface area contributed by atoms with Crippen LogP contribution in [0, 0.1) is 6.92 Å². The minimum absolute atomic E-state index is 0.0376. The van der Waals surface area contributed by atoms with Crippen LogP contribution < -0.4 is 5.32 Å². The summed E-state index contributed by atoms with van der Waals surface area (Å²) in [5.74, 6) is -0.475. The molecule has 0 radical (unpaired) electrons. The van der Waals surface area contributed by atoms with Gasteiger partial charge in [-0.15, -0.1) is 5.10 Å². The highest BCUT2D eigenvalue weighted by Crippen LogP contribution is 2.22. The molecule has 0 aliphatic carbocycles. The number of nitrogens with one attached hydrogen (secondary N) is 1. The first-order chi connectivity index (χ1) is 12.6. The number of carbonyl (C=O) groups excluding carboxylic acids is 2. The zero-order valence-corrected chi connectivity index (χ0v) is 14.6. The highest BCUT2D eigenvalue weighted by molar-refractivity contribution is 5.92. The van der Waals surface area contributed by atoms with E-state index in [2.05, 4.69) is 20.6 Å². The van der Waals surface area contributed by atoms with Crippen molar-refractivity contribution < 1.29 is 14.7 Å². The first-order valence-electron chi connectivity index (χ1n) is 8.62. The third kappa shape index (κ3) is 4.05. The minimum atomic E-state index is -0.377. The Morgan fingerprint density at radius 2 is 2.19 bits per heavy atom. The smallest absolute Gasteiger partial charge is 0.273 e. The monoisotopic (exact) mass is 358 g/mol. The lowest BCUT2D eigenvalue weighted by Crippen LogP contribution is -2.41. The molecule has 2 aromatic heterocycles. The van der Waals surface area contributed by atoms with Crippen molar-refractivity contribution in [1.82, 2.24) is 30.2 Å². The molecule has 1 fully saturated rings. The van der Waals surface area contributed by atoms with Gasteiger partial charge in [0, 0.05) is 25.3 Å². The fourth-order valence-corrected chi connectivity index (χ4v) is 3.00. The molecular formula is C17H22N6O3. The SMILES string of the molecule is Cc1cccc(C(=O)N2CCC[C@H](n3cc(C(=O)NCCO)nn3)C2)n1. The number of hydrogen-bond acceptors (Lipinski definition) is 6. The van der Waals surface area contributed by atoms with Crippen LogP contribution in [-0.2, 0) is 0 Å². The van der Waals surface area contributed by atoms with Gasteiger partial charge in [-0.2, -0.15) is 0 Å². The van der Waals surface area contributed by atoms with Crippen molar-refractivity contribution in [2.45, 2.75) is 25.8 Å². The lowest BCUT2D eigenvalue weighted by Gasteiger charge is -2.32. The molecule has 9 nitrogen and oxygen atoms in total. The maximum Gasteiger partial charge on any atom is 0.273 e. The molecule has 3 rings (SSSR count). The molecule has 138 valence electrons.